The molecule has 1 aromatic carbocycles. The maximum atomic E-state index is 13.2. The maximum absolute atomic E-state index is 13.2. The highest BCUT2D eigenvalue weighted by Gasteiger charge is 2.10. The fourth-order valence-corrected chi connectivity index (χ4v) is 1.63. The van der Waals surface area contributed by atoms with Gasteiger partial charge in [0.15, 0.2) is 0 Å². The molecule has 0 spiro atoms. The average molecular weight is 266 g/mol. The van der Waals surface area contributed by atoms with Gasteiger partial charge < -0.3 is 11.1 Å². The van der Waals surface area contributed by atoms with E-state index >= 15 is 0 Å². The third-order valence-electron chi connectivity index (χ3n) is 2.14. The second kappa shape index (κ2) is 7.75. The number of thioether (sulfide) groups is 1. The molecule has 0 aliphatic rings. The van der Waals surface area contributed by atoms with Gasteiger partial charge in [-0.15, -0.1) is 0 Å². The normalized spacial score (nSPS) is 9.50. The number of nitrogens with two attached hydrogens (primary N) is 1. The quantitative estimate of drug-likeness (QED) is 0.636. The summed E-state index contributed by atoms with van der Waals surface area (Å²) < 4.78 is 13.2. The van der Waals surface area contributed by atoms with E-state index in [1.807, 2.05) is 6.26 Å². The lowest BCUT2D eigenvalue weighted by atomic mass is 10.1. The summed E-state index contributed by atoms with van der Waals surface area (Å²) in [5.41, 5.74) is 6.02. The Bertz CT molecular complexity index is 480. The van der Waals surface area contributed by atoms with E-state index in [-0.39, 0.29) is 18.0 Å². The van der Waals surface area contributed by atoms with E-state index in [1.165, 1.54) is 18.2 Å². The molecule has 18 heavy (non-hydrogen) atoms. The second-order valence-electron chi connectivity index (χ2n) is 3.44. The number of carbonyl (C=O) groups excluding carboxylic acids is 1. The van der Waals surface area contributed by atoms with Crippen molar-refractivity contribution in [2.45, 2.75) is 0 Å². The molecular weight excluding hydrogens is 251 g/mol. The molecule has 0 aromatic heterocycles. The number of hydrogen-bond acceptors (Lipinski definition) is 3. The van der Waals surface area contributed by atoms with Crippen LogP contribution in [0.2, 0.25) is 0 Å². The highest BCUT2D eigenvalue weighted by molar-refractivity contribution is 7.98. The summed E-state index contributed by atoms with van der Waals surface area (Å²) in [6, 6.07) is 3.95. The molecule has 1 aromatic rings. The van der Waals surface area contributed by atoms with E-state index in [1.54, 1.807) is 11.8 Å². The molecule has 96 valence electrons. The van der Waals surface area contributed by atoms with Crippen LogP contribution >= 0.6 is 11.8 Å². The molecule has 0 aliphatic heterocycles. The molecule has 1 rings (SSSR count). The van der Waals surface area contributed by atoms with Gasteiger partial charge in [-0.05, 0) is 24.5 Å². The van der Waals surface area contributed by atoms with E-state index < -0.39 is 5.82 Å². The Balaban J connectivity index is 2.90. The van der Waals surface area contributed by atoms with Crippen molar-refractivity contribution in [2.75, 3.05) is 25.1 Å². The zero-order valence-corrected chi connectivity index (χ0v) is 10.9. The molecular formula is C13H15FN2OS. The molecule has 0 radical (unpaired) electrons. The van der Waals surface area contributed by atoms with Crippen molar-refractivity contribution in [1.29, 1.82) is 0 Å². The van der Waals surface area contributed by atoms with E-state index in [4.69, 9.17) is 5.73 Å². The Hall–Kier alpha value is -1.51. The Labute approximate surface area is 110 Å². The van der Waals surface area contributed by atoms with Crippen molar-refractivity contribution in [2.24, 2.45) is 5.73 Å². The molecule has 0 fully saturated rings. The van der Waals surface area contributed by atoms with Gasteiger partial charge in [-0.1, -0.05) is 11.8 Å². The maximum Gasteiger partial charge on any atom is 0.252 e. The predicted molar refractivity (Wildman–Crippen MR) is 73.0 cm³/mol. The SMILES string of the molecule is CSCCNC(=O)c1cc(F)ccc1C#CCN. The lowest BCUT2D eigenvalue weighted by molar-refractivity contribution is 0.0955. The topological polar surface area (TPSA) is 55.1 Å². The first-order chi connectivity index (χ1) is 8.69. The van der Waals surface area contributed by atoms with E-state index in [0.717, 1.165) is 5.75 Å². The summed E-state index contributed by atoms with van der Waals surface area (Å²) in [6.45, 7) is 0.741. The number of carbonyl (C=O) groups is 1. The second-order valence-corrected chi connectivity index (χ2v) is 4.43. The molecule has 3 nitrogen and oxygen atoms in total. The Morgan fingerprint density at radius 2 is 2.33 bits per heavy atom. The van der Waals surface area contributed by atoms with Gasteiger partial charge >= 0.3 is 0 Å². The van der Waals surface area contributed by atoms with Crippen LogP contribution in [0.5, 0.6) is 0 Å². The van der Waals surface area contributed by atoms with Crippen LogP contribution in [0.3, 0.4) is 0 Å². The molecule has 0 aliphatic carbocycles. The van der Waals surface area contributed by atoms with Crippen molar-refractivity contribution in [3.8, 4) is 11.8 Å². The smallest absolute Gasteiger partial charge is 0.252 e. The van der Waals surface area contributed by atoms with Crippen molar-refractivity contribution in [1.82, 2.24) is 5.32 Å². The third-order valence-corrected chi connectivity index (χ3v) is 2.76. The zero-order chi connectivity index (χ0) is 13.4. The first kappa shape index (κ1) is 14.6. The molecule has 3 N–H and O–H groups in total. The van der Waals surface area contributed by atoms with Crippen LogP contribution < -0.4 is 11.1 Å². The average Bonchev–Trinajstić information content (AvgIpc) is 2.37. The minimum Gasteiger partial charge on any atom is -0.351 e. The standard InChI is InChI=1S/C13H15FN2OS/c1-18-8-7-16-13(17)12-9-11(14)5-4-10(12)3-2-6-15/h4-5,9H,6-8,15H2,1H3,(H,16,17). The van der Waals surface area contributed by atoms with Crippen molar-refractivity contribution in [3.05, 3.63) is 35.1 Å². The van der Waals surface area contributed by atoms with Crippen molar-refractivity contribution >= 4 is 17.7 Å². The fraction of sp³-hybridized carbons (Fsp3) is 0.308. The predicted octanol–water partition coefficient (Wildman–Crippen LogP) is 1.23. The van der Waals surface area contributed by atoms with Crippen LogP contribution in [0.25, 0.3) is 0 Å². The summed E-state index contributed by atoms with van der Waals surface area (Å²) in [4.78, 5) is 11.9. The van der Waals surface area contributed by atoms with Crippen LogP contribution in [-0.2, 0) is 0 Å². The fourth-order valence-electron chi connectivity index (χ4n) is 1.32. The van der Waals surface area contributed by atoms with Crippen LogP contribution in [0.4, 0.5) is 4.39 Å². The largest absolute Gasteiger partial charge is 0.351 e. The van der Waals surface area contributed by atoms with E-state index in [9.17, 15) is 9.18 Å². The van der Waals surface area contributed by atoms with Gasteiger partial charge in [0.05, 0.1) is 12.1 Å². The summed E-state index contributed by atoms with van der Waals surface area (Å²) in [6.07, 6.45) is 1.95. The third kappa shape index (κ3) is 4.40. The van der Waals surface area contributed by atoms with Gasteiger partial charge in [0.1, 0.15) is 5.82 Å². The van der Waals surface area contributed by atoms with Crippen LogP contribution in [0.1, 0.15) is 15.9 Å². The number of halogens is 1. The van der Waals surface area contributed by atoms with Crippen molar-refractivity contribution in [3.63, 3.8) is 0 Å². The monoisotopic (exact) mass is 266 g/mol. The van der Waals surface area contributed by atoms with Crippen molar-refractivity contribution < 1.29 is 9.18 Å². The number of benzene rings is 1. The number of rotatable bonds is 4. The first-order valence-electron chi connectivity index (χ1n) is 5.44. The van der Waals surface area contributed by atoms with Gasteiger partial charge in [0.25, 0.3) is 5.91 Å². The Kier molecular flexibility index (Phi) is 6.26. The number of nitrogens with one attached hydrogen (secondary N) is 1. The summed E-state index contributed by atoms with van der Waals surface area (Å²) in [7, 11) is 0. The minimum atomic E-state index is -0.455. The molecule has 0 bridgehead atoms. The summed E-state index contributed by atoms with van der Waals surface area (Å²) in [5.74, 6) is 5.46. The number of hydrogen-bond donors (Lipinski definition) is 2. The first-order valence-corrected chi connectivity index (χ1v) is 6.84. The summed E-state index contributed by atoms with van der Waals surface area (Å²) >= 11 is 1.63. The van der Waals surface area contributed by atoms with E-state index in [2.05, 4.69) is 17.2 Å². The molecule has 5 heteroatoms. The van der Waals surface area contributed by atoms with Crippen LogP contribution in [0, 0.1) is 17.7 Å². The lowest BCUT2D eigenvalue weighted by Gasteiger charge is -2.06. The molecule has 0 saturated heterocycles. The van der Waals surface area contributed by atoms with Gasteiger partial charge in [0, 0.05) is 17.9 Å². The molecule has 1 amide bonds. The van der Waals surface area contributed by atoms with Gasteiger partial charge in [0.2, 0.25) is 0 Å². The van der Waals surface area contributed by atoms with Crippen LogP contribution in [0.15, 0.2) is 18.2 Å². The molecule has 0 heterocycles. The Morgan fingerprint density at radius 3 is 3.00 bits per heavy atom. The lowest BCUT2D eigenvalue weighted by Crippen LogP contribution is -2.26. The van der Waals surface area contributed by atoms with Gasteiger partial charge in [-0.25, -0.2) is 4.39 Å². The van der Waals surface area contributed by atoms with Gasteiger partial charge in [-0.3, -0.25) is 4.79 Å². The van der Waals surface area contributed by atoms with E-state index in [0.29, 0.717) is 12.1 Å². The highest BCUT2D eigenvalue weighted by Crippen LogP contribution is 2.10. The van der Waals surface area contributed by atoms with Gasteiger partial charge in [-0.2, -0.15) is 11.8 Å². The Morgan fingerprint density at radius 1 is 1.56 bits per heavy atom. The highest BCUT2D eigenvalue weighted by atomic mass is 32.2. The molecule has 0 atom stereocenters. The minimum absolute atomic E-state index is 0.199. The molecule has 0 unspecified atom stereocenters. The molecule has 0 saturated carbocycles. The zero-order valence-electron chi connectivity index (χ0n) is 10.1. The number of amides is 1. The summed E-state index contributed by atoms with van der Waals surface area (Å²) in [5, 5.41) is 2.72. The van der Waals surface area contributed by atoms with Crippen LogP contribution in [-0.4, -0.2) is 31.0 Å².